The molecule has 1 heterocycles. The van der Waals surface area contributed by atoms with Gasteiger partial charge < -0.3 is 28.4 Å². The minimum atomic E-state index is -0.855. The lowest BCUT2D eigenvalue weighted by molar-refractivity contribution is -0.157. The summed E-state index contributed by atoms with van der Waals surface area (Å²) < 4.78 is 59.2. The molecule has 0 bridgehead atoms. The van der Waals surface area contributed by atoms with Crippen molar-refractivity contribution in [2.24, 2.45) is 11.8 Å². The summed E-state index contributed by atoms with van der Waals surface area (Å²) >= 11 is 0. The van der Waals surface area contributed by atoms with Crippen molar-refractivity contribution in [1.29, 1.82) is 0 Å². The first-order chi connectivity index (χ1) is 22.1. The number of halogens is 2. The van der Waals surface area contributed by atoms with E-state index >= 15 is 0 Å². The summed E-state index contributed by atoms with van der Waals surface area (Å²) in [7, 11) is 1.38. The molecule has 3 rings (SSSR count). The van der Waals surface area contributed by atoms with Crippen LogP contribution in [-0.4, -0.2) is 62.5 Å². The summed E-state index contributed by atoms with van der Waals surface area (Å²) in [5.74, 6) is -3.52. The van der Waals surface area contributed by atoms with Gasteiger partial charge in [-0.15, -0.1) is 0 Å². The van der Waals surface area contributed by atoms with Crippen LogP contribution in [0, 0.1) is 23.5 Å². The molecule has 2 aromatic carbocycles. The molecule has 0 unspecified atom stereocenters. The van der Waals surface area contributed by atoms with E-state index in [1.165, 1.54) is 43.6 Å². The first kappa shape index (κ1) is 36.1. The predicted molar refractivity (Wildman–Crippen MR) is 162 cm³/mol. The Morgan fingerprint density at radius 1 is 0.891 bits per heavy atom. The second-order valence-corrected chi connectivity index (χ2v) is 10.5. The number of esters is 2. The van der Waals surface area contributed by atoms with Gasteiger partial charge in [-0.1, -0.05) is 31.2 Å². The SMILES string of the molecule is CCOCC(=O)OCOc1c(OC)ccnc1C(=O)C[C@@H](C)C(=O)O[C@@H](C)[C@@H](COCc1ccc(F)cc1)Cc1ccc(F)cc1. The first-order valence-corrected chi connectivity index (χ1v) is 14.8. The zero-order valence-corrected chi connectivity index (χ0v) is 26.3. The van der Waals surface area contributed by atoms with Gasteiger partial charge in [0, 0.05) is 31.2 Å². The Labute approximate surface area is 266 Å². The van der Waals surface area contributed by atoms with Crippen LogP contribution in [-0.2, 0) is 41.6 Å². The van der Waals surface area contributed by atoms with Gasteiger partial charge in [-0.25, -0.2) is 18.6 Å². The Bertz CT molecular complexity index is 1420. The van der Waals surface area contributed by atoms with Crippen molar-refractivity contribution in [2.75, 3.05) is 33.7 Å². The van der Waals surface area contributed by atoms with Crippen LogP contribution in [0.4, 0.5) is 8.78 Å². The fraction of sp³-hybridized carbons (Fsp3) is 0.412. The lowest BCUT2D eigenvalue weighted by Gasteiger charge is -2.25. The Kier molecular flexibility index (Phi) is 14.5. The van der Waals surface area contributed by atoms with Gasteiger partial charge in [0.25, 0.3) is 0 Å². The molecule has 248 valence electrons. The number of hydrogen-bond acceptors (Lipinski definition) is 10. The van der Waals surface area contributed by atoms with Crippen molar-refractivity contribution < 1.29 is 51.6 Å². The number of ether oxygens (including phenoxy) is 6. The zero-order valence-electron chi connectivity index (χ0n) is 26.3. The van der Waals surface area contributed by atoms with Crippen LogP contribution < -0.4 is 9.47 Å². The molecular weight excluding hydrogens is 604 g/mol. The lowest BCUT2D eigenvalue weighted by atomic mass is 9.95. The summed E-state index contributed by atoms with van der Waals surface area (Å²) in [5, 5.41) is 0. The van der Waals surface area contributed by atoms with Crippen LogP contribution in [0.1, 0.15) is 48.8 Å². The second-order valence-electron chi connectivity index (χ2n) is 10.5. The number of methoxy groups -OCH3 is 1. The van der Waals surface area contributed by atoms with Crippen LogP contribution in [0.25, 0.3) is 0 Å². The molecule has 1 aromatic heterocycles. The molecule has 0 aliphatic rings. The van der Waals surface area contributed by atoms with Gasteiger partial charge in [-0.05, 0) is 55.7 Å². The maximum atomic E-state index is 13.5. The average Bonchev–Trinajstić information content (AvgIpc) is 3.04. The maximum Gasteiger partial charge on any atom is 0.334 e. The third kappa shape index (κ3) is 11.5. The lowest BCUT2D eigenvalue weighted by Crippen LogP contribution is -2.32. The highest BCUT2D eigenvalue weighted by Crippen LogP contribution is 2.31. The van der Waals surface area contributed by atoms with E-state index in [1.54, 1.807) is 45.0 Å². The van der Waals surface area contributed by atoms with Crippen molar-refractivity contribution in [3.05, 3.63) is 89.2 Å². The number of carbonyl (C=O) groups is 3. The Balaban J connectivity index is 1.64. The van der Waals surface area contributed by atoms with E-state index in [4.69, 9.17) is 28.4 Å². The second kappa shape index (κ2) is 18.5. The highest BCUT2D eigenvalue weighted by Gasteiger charge is 2.28. The molecule has 0 spiro atoms. The minimum absolute atomic E-state index is 0.0363. The summed E-state index contributed by atoms with van der Waals surface area (Å²) in [5.41, 5.74) is 1.50. The molecule has 0 aliphatic heterocycles. The molecule has 46 heavy (non-hydrogen) atoms. The van der Waals surface area contributed by atoms with E-state index < -0.39 is 36.5 Å². The van der Waals surface area contributed by atoms with Crippen LogP contribution in [0.3, 0.4) is 0 Å². The number of aromatic nitrogens is 1. The average molecular weight is 644 g/mol. The van der Waals surface area contributed by atoms with Gasteiger partial charge in [-0.2, -0.15) is 0 Å². The number of benzene rings is 2. The molecular formula is C34H39F2NO9. The molecule has 12 heteroatoms. The van der Waals surface area contributed by atoms with Crippen molar-refractivity contribution in [3.8, 4) is 11.5 Å². The third-order valence-corrected chi connectivity index (χ3v) is 6.98. The maximum absolute atomic E-state index is 13.5. The molecule has 0 N–H and O–H groups in total. The molecule has 0 amide bonds. The van der Waals surface area contributed by atoms with Crippen molar-refractivity contribution in [2.45, 2.75) is 46.3 Å². The Morgan fingerprint density at radius 3 is 2.17 bits per heavy atom. The van der Waals surface area contributed by atoms with Crippen LogP contribution in [0.2, 0.25) is 0 Å². The van der Waals surface area contributed by atoms with E-state index in [-0.39, 0.29) is 61.0 Å². The van der Waals surface area contributed by atoms with Crippen LogP contribution >= 0.6 is 0 Å². The van der Waals surface area contributed by atoms with Gasteiger partial charge in [0.15, 0.2) is 23.0 Å². The molecule has 10 nitrogen and oxygen atoms in total. The molecule has 0 fully saturated rings. The van der Waals surface area contributed by atoms with E-state index in [0.717, 1.165) is 11.1 Å². The predicted octanol–water partition coefficient (Wildman–Crippen LogP) is 5.50. The zero-order chi connectivity index (χ0) is 33.5. The molecule has 3 aromatic rings. The third-order valence-electron chi connectivity index (χ3n) is 6.98. The van der Waals surface area contributed by atoms with E-state index in [2.05, 4.69) is 4.98 Å². The number of rotatable bonds is 19. The fourth-order valence-electron chi connectivity index (χ4n) is 4.36. The fourth-order valence-corrected chi connectivity index (χ4v) is 4.36. The summed E-state index contributed by atoms with van der Waals surface area (Å²) in [6.07, 6.45) is 0.894. The standard InChI is InChI=1S/C34H39F2NO9/c1-5-42-20-31(39)44-21-45-33-30(41-4)14-15-37-32(33)29(38)16-22(2)34(40)46-23(3)26(17-24-6-10-27(35)11-7-24)19-43-18-25-8-12-28(36)13-9-25/h6-15,22-23,26H,5,16-21H2,1-4H3/t22-,23+,26-/m1/s1. The van der Waals surface area contributed by atoms with Crippen LogP contribution in [0.15, 0.2) is 60.8 Å². The monoisotopic (exact) mass is 643 g/mol. The van der Waals surface area contributed by atoms with Gasteiger partial charge in [-0.3, -0.25) is 9.59 Å². The Morgan fingerprint density at radius 2 is 1.54 bits per heavy atom. The Hall–Kier alpha value is -4.42. The largest absolute Gasteiger partial charge is 0.493 e. The normalized spacial score (nSPS) is 12.9. The van der Waals surface area contributed by atoms with Crippen LogP contribution in [0.5, 0.6) is 11.5 Å². The smallest absolute Gasteiger partial charge is 0.334 e. The first-order valence-electron chi connectivity index (χ1n) is 14.8. The summed E-state index contributed by atoms with van der Waals surface area (Å²) in [4.78, 5) is 42.3. The minimum Gasteiger partial charge on any atom is -0.493 e. The van der Waals surface area contributed by atoms with Gasteiger partial charge in [0.1, 0.15) is 24.3 Å². The molecule has 0 aliphatic carbocycles. The summed E-state index contributed by atoms with van der Waals surface area (Å²) in [6.45, 7) is 5.01. The number of nitrogens with zero attached hydrogens (tertiary/aromatic N) is 1. The van der Waals surface area contributed by atoms with E-state index in [9.17, 15) is 23.2 Å². The molecule has 3 atom stereocenters. The van der Waals surface area contributed by atoms with Gasteiger partial charge >= 0.3 is 11.9 Å². The van der Waals surface area contributed by atoms with Crippen molar-refractivity contribution in [1.82, 2.24) is 4.98 Å². The van der Waals surface area contributed by atoms with Gasteiger partial charge in [0.05, 0.1) is 26.2 Å². The quantitative estimate of drug-likeness (QED) is 0.0941. The number of Topliss-reactive ketones (excluding diaryl/α,β-unsaturated/α-hetero) is 1. The molecule has 0 saturated heterocycles. The molecule has 0 radical (unpaired) electrons. The topological polar surface area (TPSA) is 119 Å². The van der Waals surface area contributed by atoms with Crippen molar-refractivity contribution >= 4 is 17.7 Å². The van der Waals surface area contributed by atoms with E-state index in [1.807, 2.05) is 0 Å². The number of pyridine rings is 1. The molecule has 0 saturated carbocycles. The number of hydrogen-bond donors (Lipinski definition) is 0. The number of carbonyl (C=O) groups excluding carboxylic acids is 3. The number of ketones is 1. The highest BCUT2D eigenvalue weighted by atomic mass is 19.1. The highest BCUT2D eigenvalue weighted by molar-refractivity contribution is 5.99. The van der Waals surface area contributed by atoms with Gasteiger partial charge in [0.2, 0.25) is 6.79 Å². The van der Waals surface area contributed by atoms with E-state index in [0.29, 0.717) is 13.0 Å². The summed E-state index contributed by atoms with van der Waals surface area (Å²) in [6, 6.07) is 13.4. The van der Waals surface area contributed by atoms with Crippen molar-refractivity contribution in [3.63, 3.8) is 0 Å².